The van der Waals surface area contributed by atoms with E-state index in [1.54, 1.807) is 0 Å². The molecule has 0 saturated carbocycles. The Balaban J connectivity index is 2.16. The van der Waals surface area contributed by atoms with Gasteiger partial charge in [0.1, 0.15) is 0 Å². The van der Waals surface area contributed by atoms with E-state index in [4.69, 9.17) is 5.73 Å². The van der Waals surface area contributed by atoms with Gasteiger partial charge in [0.05, 0.1) is 0 Å². The van der Waals surface area contributed by atoms with E-state index >= 15 is 0 Å². The van der Waals surface area contributed by atoms with Gasteiger partial charge in [-0.25, -0.2) is 4.68 Å². The number of tetrazole rings is 1. The van der Waals surface area contributed by atoms with E-state index in [1.165, 1.54) is 6.42 Å². The van der Waals surface area contributed by atoms with Gasteiger partial charge in [0, 0.05) is 17.8 Å². The van der Waals surface area contributed by atoms with Crippen molar-refractivity contribution in [3.8, 4) is 11.4 Å². The van der Waals surface area contributed by atoms with Crippen LogP contribution in [-0.4, -0.2) is 20.2 Å². The van der Waals surface area contributed by atoms with Crippen LogP contribution < -0.4 is 5.73 Å². The third-order valence-corrected chi connectivity index (χ3v) is 3.22. The molecule has 0 aliphatic rings. The van der Waals surface area contributed by atoms with Gasteiger partial charge in [-0.05, 0) is 47.7 Å². The van der Waals surface area contributed by atoms with Gasteiger partial charge >= 0.3 is 0 Å². The summed E-state index contributed by atoms with van der Waals surface area (Å²) >= 11 is 0. The quantitative estimate of drug-likeness (QED) is 0.838. The molecule has 5 nitrogen and oxygen atoms in total. The van der Waals surface area contributed by atoms with E-state index in [0.29, 0.717) is 5.92 Å². The fourth-order valence-electron chi connectivity index (χ4n) is 1.99. The number of rotatable bonds is 5. The van der Waals surface area contributed by atoms with Gasteiger partial charge in [0.15, 0.2) is 5.82 Å². The van der Waals surface area contributed by atoms with Crippen molar-refractivity contribution in [2.24, 2.45) is 5.92 Å². The second-order valence-corrected chi connectivity index (χ2v) is 5.33. The molecule has 0 aliphatic heterocycles. The molecule has 19 heavy (non-hydrogen) atoms. The first kappa shape index (κ1) is 13.5. The zero-order valence-corrected chi connectivity index (χ0v) is 11.8. The smallest absolute Gasteiger partial charge is 0.182 e. The van der Waals surface area contributed by atoms with Crippen LogP contribution in [0.5, 0.6) is 0 Å². The summed E-state index contributed by atoms with van der Waals surface area (Å²) in [6.45, 7) is 7.28. The van der Waals surface area contributed by atoms with Crippen LogP contribution in [0.4, 0.5) is 5.69 Å². The zero-order valence-electron chi connectivity index (χ0n) is 11.8. The highest BCUT2D eigenvalue weighted by Gasteiger charge is 2.09. The first-order chi connectivity index (χ1) is 9.08. The van der Waals surface area contributed by atoms with Gasteiger partial charge in [-0.15, -0.1) is 5.10 Å². The number of benzene rings is 1. The summed E-state index contributed by atoms with van der Waals surface area (Å²) in [6, 6.07) is 5.94. The number of nitrogens with zero attached hydrogens (tertiary/aromatic N) is 4. The molecule has 1 aromatic heterocycles. The maximum Gasteiger partial charge on any atom is 0.182 e. The minimum absolute atomic E-state index is 0.704. The van der Waals surface area contributed by atoms with Crippen molar-refractivity contribution >= 4 is 5.69 Å². The minimum Gasteiger partial charge on any atom is -0.398 e. The van der Waals surface area contributed by atoms with Crippen LogP contribution >= 0.6 is 0 Å². The standard InChI is InChI=1S/C14H21N5/c1-10(2)5-4-8-19-14(16-17-18-19)12-7-6-11(3)13(15)9-12/h6-7,9-10H,4-5,8,15H2,1-3H3. The highest BCUT2D eigenvalue weighted by atomic mass is 15.5. The van der Waals surface area contributed by atoms with Crippen molar-refractivity contribution in [1.29, 1.82) is 0 Å². The van der Waals surface area contributed by atoms with Gasteiger partial charge in [-0.2, -0.15) is 0 Å². The number of hydrogen-bond donors (Lipinski definition) is 1. The van der Waals surface area contributed by atoms with Crippen molar-refractivity contribution in [2.45, 2.75) is 40.2 Å². The number of nitrogens with two attached hydrogens (primary N) is 1. The van der Waals surface area contributed by atoms with Crippen LogP contribution in [-0.2, 0) is 6.54 Å². The first-order valence-corrected chi connectivity index (χ1v) is 6.70. The van der Waals surface area contributed by atoms with Gasteiger partial charge < -0.3 is 5.73 Å². The molecule has 0 radical (unpaired) electrons. The Morgan fingerprint density at radius 3 is 2.79 bits per heavy atom. The van der Waals surface area contributed by atoms with Crippen molar-refractivity contribution in [2.75, 3.05) is 5.73 Å². The molecule has 0 fully saturated rings. The lowest BCUT2D eigenvalue weighted by Gasteiger charge is -2.07. The molecule has 0 spiro atoms. The van der Waals surface area contributed by atoms with Gasteiger partial charge in [-0.3, -0.25) is 0 Å². The first-order valence-electron chi connectivity index (χ1n) is 6.70. The summed E-state index contributed by atoms with van der Waals surface area (Å²) in [6.07, 6.45) is 2.26. The fraction of sp³-hybridized carbons (Fsp3) is 0.500. The number of aryl methyl sites for hydroxylation is 2. The van der Waals surface area contributed by atoms with Gasteiger partial charge in [0.25, 0.3) is 0 Å². The van der Waals surface area contributed by atoms with E-state index in [2.05, 4.69) is 29.4 Å². The Bertz CT molecular complexity index is 545. The maximum absolute atomic E-state index is 5.94. The predicted octanol–water partition coefficient (Wildman–Crippen LogP) is 2.67. The topological polar surface area (TPSA) is 69.6 Å². The Morgan fingerprint density at radius 2 is 2.11 bits per heavy atom. The third kappa shape index (κ3) is 3.30. The molecular formula is C14H21N5. The largest absolute Gasteiger partial charge is 0.398 e. The van der Waals surface area contributed by atoms with Crippen molar-refractivity contribution in [3.05, 3.63) is 23.8 Å². The van der Waals surface area contributed by atoms with Gasteiger partial charge in [-0.1, -0.05) is 26.0 Å². The number of hydrogen-bond acceptors (Lipinski definition) is 4. The molecule has 0 unspecified atom stereocenters. The van der Waals surface area contributed by atoms with Crippen molar-refractivity contribution in [1.82, 2.24) is 20.2 Å². The van der Waals surface area contributed by atoms with E-state index in [9.17, 15) is 0 Å². The second kappa shape index (κ2) is 5.82. The highest BCUT2D eigenvalue weighted by Crippen LogP contribution is 2.21. The number of aromatic nitrogens is 4. The third-order valence-electron chi connectivity index (χ3n) is 3.22. The Hall–Kier alpha value is -1.91. The molecule has 0 saturated heterocycles. The second-order valence-electron chi connectivity index (χ2n) is 5.33. The summed E-state index contributed by atoms with van der Waals surface area (Å²) in [5.41, 5.74) is 8.75. The minimum atomic E-state index is 0.704. The lowest BCUT2D eigenvalue weighted by molar-refractivity contribution is 0.485. The summed E-state index contributed by atoms with van der Waals surface area (Å²) in [5.74, 6) is 1.49. The van der Waals surface area contributed by atoms with E-state index in [-0.39, 0.29) is 0 Å². The van der Waals surface area contributed by atoms with Crippen molar-refractivity contribution in [3.63, 3.8) is 0 Å². The lowest BCUT2D eigenvalue weighted by Crippen LogP contribution is -2.04. The summed E-state index contributed by atoms with van der Waals surface area (Å²) in [7, 11) is 0. The molecule has 0 aliphatic carbocycles. The molecule has 0 bridgehead atoms. The fourth-order valence-corrected chi connectivity index (χ4v) is 1.99. The summed E-state index contributed by atoms with van der Waals surface area (Å²) in [5, 5.41) is 11.9. The van der Waals surface area contributed by atoms with Crippen LogP contribution in [0.25, 0.3) is 11.4 Å². The van der Waals surface area contributed by atoms with Crippen LogP contribution in [0.15, 0.2) is 18.2 Å². The molecule has 5 heteroatoms. The van der Waals surface area contributed by atoms with E-state index in [1.807, 2.05) is 29.8 Å². The van der Waals surface area contributed by atoms with E-state index in [0.717, 1.165) is 35.6 Å². The molecule has 2 N–H and O–H groups in total. The zero-order chi connectivity index (χ0) is 13.8. The average Bonchev–Trinajstić information content (AvgIpc) is 2.80. The highest BCUT2D eigenvalue weighted by molar-refractivity contribution is 5.63. The predicted molar refractivity (Wildman–Crippen MR) is 76.5 cm³/mol. The molecular weight excluding hydrogens is 238 g/mol. The molecule has 2 aromatic rings. The van der Waals surface area contributed by atoms with Crippen LogP contribution in [0, 0.1) is 12.8 Å². The number of anilines is 1. The molecule has 0 amide bonds. The van der Waals surface area contributed by atoms with Crippen molar-refractivity contribution < 1.29 is 0 Å². The maximum atomic E-state index is 5.94. The molecule has 1 heterocycles. The molecule has 102 valence electrons. The molecule has 0 atom stereocenters. The Morgan fingerprint density at radius 1 is 1.32 bits per heavy atom. The average molecular weight is 259 g/mol. The van der Waals surface area contributed by atoms with Gasteiger partial charge in [0.2, 0.25) is 0 Å². The number of nitrogen functional groups attached to an aromatic ring is 1. The lowest BCUT2D eigenvalue weighted by atomic mass is 10.1. The monoisotopic (exact) mass is 259 g/mol. The van der Waals surface area contributed by atoms with Crippen LogP contribution in [0.1, 0.15) is 32.3 Å². The normalized spacial score (nSPS) is 11.2. The Labute approximate surface area is 113 Å². The Kier molecular flexibility index (Phi) is 4.14. The van der Waals surface area contributed by atoms with Crippen LogP contribution in [0.3, 0.4) is 0 Å². The SMILES string of the molecule is Cc1ccc(-c2nnnn2CCCC(C)C)cc1N. The summed E-state index contributed by atoms with van der Waals surface area (Å²) in [4.78, 5) is 0. The van der Waals surface area contributed by atoms with Crippen LogP contribution in [0.2, 0.25) is 0 Å². The molecule has 1 aromatic carbocycles. The summed E-state index contributed by atoms with van der Waals surface area (Å²) < 4.78 is 1.85. The van der Waals surface area contributed by atoms with E-state index < -0.39 is 0 Å². The molecule has 2 rings (SSSR count).